The second-order valence-corrected chi connectivity index (χ2v) is 22.3. The van der Waals surface area contributed by atoms with E-state index < -0.39 is 6.10 Å². The van der Waals surface area contributed by atoms with E-state index in [1.807, 2.05) is 0 Å². The molecule has 0 aromatic rings. The monoisotopic (exact) mass is 1130 g/mol. The Balaban J connectivity index is 4.37. The fourth-order valence-corrected chi connectivity index (χ4v) is 9.25. The Morgan fingerprint density at radius 1 is 0.256 bits per heavy atom. The highest BCUT2D eigenvalue weighted by Gasteiger charge is 2.19. The lowest BCUT2D eigenvalue weighted by molar-refractivity contribution is -0.167. The lowest BCUT2D eigenvalue weighted by Crippen LogP contribution is -2.30. The number of allylic oxidation sites excluding steroid dienone is 22. The van der Waals surface area contributed by atoms with Gasteiger partial charge in [-0.25, -0.2) is 0 Å². The van der Waals surface area contributed by atoms with E-state index in [0.29, 0.717) is 19.3 Å². The first-order valence-corrected chi connectivity index (χ1v) is 34.2. The summed E-state index contributed by atoms with van der Waals surface area (Å²) in [6.07, 6.45) is 97.5. The molecule has 0 bridgehead atoms. The molecule has 82 heavy (non-hydrogen) atoms. The van der Waals surface area contributed by atoms with Crippen LogP contribution in [0.2, 0.25) is 0 Å². The van der Waals surface area contributed by atoms with Crippen LogP contribution in [-0.2, 0) is 28.6 Å². The summed E-state index contributed by atoms with van der Waals surface area (Å²) >= 11 is 0. The Labute approximate surface area is 506 Å². The van der Waals surface area contributed by atoms with Crippen LogP contribution in [0.4, 0.5) is 0 Å². The number of carbonyl (C=O) groups is 3. The van der Waals surface area contributed by atoms with Crippen molar-refractivity contribution in [1.29, 1.82) is 0 Å². The minimum atomic E-state index is -0.798. The van der Waals surface area contributed by atoms with Gasteiger partial charge in [0.1, 0.15) is 13.2 Å². The third kappa shape index (κ3) is 66.4. The van der Waals surface area contributed by atoms with Crippen LogP contribution in [0.3, 0.4) is 0 Å². The van der Waals surface area contributed by atoms with Gasteiger partial charge in [0.2, 0.25) is 0 Å². The van der Waals surface area contributed by atoms with Gasteiger partial charge in [0.05, 0.1) is 0 Å². The van der Waals surface area contributed by atoms with Crippen molar-refractivity contribution in [3.63, 3.8) is 0 Å². The molecule has 0 spiro atoms. The van der Waals surface area contributed by atoms with E-state index in [1.54, 1.807) is 0 Å². The van der Waals surface area contributed by atoms with Crippen molar-refractivity contribution in [2.45, 2.75) is 316 Å². The molecule has 0 saturated heterocycles. The quantitative estimate of drug-likeness (QED) is 0.0261. The summed E-state index contributed by atoms with van der Waals surface area (Å²) in [7, 11) is 0. The Bertz CT molecular complexity index is 1730. The second-order valence-electron chi connectivity index (χ2n) is 22.3. The number of hydrogen-bond acceptors (Lipinski definition) is 6. The van der Waals surface area contributed by atoms with Crippen LogP contribution in [0, 0.1) is 0 Å². The van der Waals surface area contributed by atoms with Crippen LogP contribution in [-0.4, -0.2) is 37.2 Å². The molecule has 0 aliphatic heterocycles. The second kappa shape index (κ2) is 69.0. The molecule has 1 atom stereocenters. The van der Waals surface area contributed by atoms with E-state index >= 15 is 0 Å². The first-order valence-electron chi connectivity index (χ1n) is 34.2. The highest BCUT2D eigenvalue weighted by atomic mass is 16.6. The van der Waals surface area contributed by atoms with Crippen LogP contribution in [0.1, 0.15) is 310 Å². The van der Waals surface area contributed by atoms with Crippen molar-refractivity contribution in [3.8, 4) is 0 Å². The van der Waals surface area contributed by atoms with E-state index in [-0.39, 0.29) is 31.1 Å². The van der Waals surface area contributed by atoms with Crippen molar-refractivity contribution in [2.75, 3.05) is 13.2 Å². The van der Waals surface area contributed by atoms with Crippen LogP contribution >= 0.6 is 0 Å². The number of esters is 3. The minimum Gasteiger partial charge on any atom is -0.462 e. The molecule has 0 N–H and O–H groups in total. The van der Waals surface area contributed by atoms with E-state index in [0.717, 1.165) is 148 Å². The van der Waals surface area contributed by atoms with Gasteiger partial charge in [-0.05, 0) is 141 Å². The predicted octanol–water partition coefficient (Wildman–Crippen LogP) is 23.7. The van der Waals surface area contributed by atoms with Gasteiger partial charge in [0, 0.05) is 19.3 Å². The van der Waals surface area contributed by atoms with E-state index in [4.69, 9.17) is 14.2 Å². The zero-order valence-electron chi connectivity index (χ0n) is 53.5. The fraction of sp³-hybridized carbons (Fsp3) is 0.671. The van der Waals surface area contributed by atoms with Crippen LogP contribution in [0.25, 0.3) is 0 Å². The van der Waals surface area contributed by atoms with E-state index in [1.165, 1.54) is 122 Å². The standard InChI is InChI=1S/C76H126O6/c1-4-7-10-13-16-19-22-25-27-29-31-33-35-37-38-40-41-43-45-47-49-51-54-57-60-63-66-69-75(78)81-72-73(71-80-74(77)68-65-62-59-56-53-24-21-18-15-12-9-6-3)82-76(79)70-67-64-61-58-55-52-50-48-46-44-42-39-36-34-32-30-28-26-23-20-17-14-11-8-5-2/h7,10,16,18-19,21,23,25-27,30-33,36-39,41,43,47,49,73H,4-6,8-9,11-15,17,20,22,24,28-29,34-35,40,42,44-46,48,50-72H2,1-3H3/b10-7-,19-16-,21-18-,26-23-,27-25-,32-30-,33-31-,38-37-,39-36-,43-41-,49-47-. The van der Waals surface area contributed by atoms with Gasteiger partial charge in [-0.1, -0.05) is 283 Å². The first-order chi connectivity index (χ1) is 40.5. The fourth-order valence-electron chi connectivity index (χ4n) is 9.25. The molecule has 6 heteroatoms. The van der Waals surface area contributed by atoms with E-state index in [2.05, 4.69) is 154 Å². The maximum Gasteiger partial charge on any atom is 0.306 e. The Morgan fingerprint density at radius 2 is 0.476 bits per heavy atom. The zero-order valence-corrected chi connectivity index (χ0v) is 53.5. The van der Waals surface area contributed by atoms with Crippen molar-refractivity contribution < 1.29 is 28.6 Å². The third-order valence-electron chi connectivity index (χ3n) is 14.4. The first kappa shape index (κ1) is 77.5. The summed E-state index contributed by atoms with van der Waals surface area (Å²) in [6, 6.07) is 0. The number of unbranched alkanes of at least 4 members (excludes halogenated alkanes) is 28. The number of ether oxygens (including phenoxy) is 3. The maximum atomic E-state index is 12.9. The molecule has 0 aromatic heterocycles. The molecule has 466 valence electrons. The molecule has 0 fully saturated rings. The highest BCUT2D eigenvalue weighted by molar-refractivity contribution is 5.71. The Hall–Kier alpha value is -4.45. The van der Waals surface area contributed by atoms with Gasteiger partial charge in [0.15, 0.2) is 6.10 Å². The topological polar surface area (TPSA) is 78.9 Å². The minimum absolute atomic E-state index is 0.0930. The smallest absolute Gasteiger partial charge is 0.306 e. The van der Waals surface area contributed by atoms with Gasteiger partial charge in [-0.2, -0.15) is 0 Å². The molecule has 0 saturated carbocycles. The molecule has 0 amide bonds. The molecule has 6 nitrogen and oxygen atoms in total. The van der Waals surface area contributed by atoms with Gasteiger partial charge in [-0.15, -0.1) is 0 Å². The molecule has 0 heterocycles. The van der Waals surface area contributed by atoms with Crippen molar-refractivity contribution in [3.05, 3.63) is 134 Å². The summed E-state index contributed by atoms with van der Waals surface area (Å²) in [5, 5.41) is 0. The van der Waals surface area contributed by atoms with Crippen LogP contribution in [0.5, 0.6) is 0 Å². The predicted molar refractivity (Wildman–Crippen MR) is 357 cm³/mol. The van der Waals surface area contributed by atoms with Gasteiger partial charge < -0.3 is 14.2 Å². The summed E-state index contributed by atoms with van der Waals surface area (Å²) < 4.78 is 16.9. The number of rotatable bonds is 61. The Kier molecular flexibility index (Phi) is 65.3. The molecule has 0 aliphatic rings. The normalized spacial score (nSPS) is 13.0. The highest BCUT2D eigenvalue weighted by Crippen LogP contribution is 2.15. The maximum absolute atomic E-state index is 12.9. The zero-order chi connectivity index (χ0) is 59.2. The molecule has 0 aromatic carbocycles. The summed E-state index contributed by atoms with van der Waals surface area (Å²) in [6.45, 7) is 6.48. The Morgan fingerprint density at radius 3 is 0.780 bits per heavy atom. The molecular formula is C76H126O6. The lowest BCUT2D eigenvalue weighted by atomic mass is 10.0. The van der Waals surface area contributed by atoms with E-state index in [9.17, 15) is 14.4 Å². The molecule has 0 aliphatic carbocycles. The number of carbonyl (C=O) groups excluding carboxylic acids is 3. The summed E-state index contributed by atoms with van der Waals surface area (Å²) in [4.78, 5) is 38.4. The van der Waals surface area contributed by atoms with Crippen molar-refractivity contribution in [1.82, 2.24) is 0 Å². The van der Waals surface area contributed by atoms with Crippen LogP contribution < -0.4 is 0 Å². The van der Waals surface area contributed by atoms with Crippen LogP contribution in [0.15, 0.2) is 134 Å². The SMILES string of the molecule is CC/C=C\C/C=C\C/C=C\C/C=C\C/C=C\C/C=C\C/C=C\CCCCCCCC(=O)OCC(COC(=O)CCCCCCC/C=C\CCCCC)OC(=O)CCCCCCCCCCCC/C=C\C/C=C\C/C=C\CCCCCCC. The van der Waals surface area contributed by atoms with Gasteiger partial charge in [-0.3, -0.25) is 14.4 Å². The average Bonchev–Trinajstić information content (AvgIpc) is 3.47. The van der Waals surface area contributed by atoms with Gasteiger partial charge >= 0.3 is 17.9 Å². The largest absolute Gasteiger partial charge is 0.462 e. The third-order valence-corrected chi connectivity index (χ3v) is 14.4. The summed E-state index contributed by atoms with van der Waals surface area (Å²) in [5.41, 5.74) is 0. The average molecular weight is 1140 g/mol. The molecule has 0 rings (SSSR count). The van der Waals surface area contributed by atoms with Crippen molar-refractivity contribution in [2.24, 2.45) is 0 Å². The number of hydrogen-bond donors (Lipinski definition) is 0. The lowest BCUT2D eigenvalue weighted by Gasteiger charge is -2.18. The molecular weight excluding hydrogens is 1010 g/mol. The molecule has 0 radical (unpaired) electrons. The summed E-state index contributed by atoms with van der Waals surface area (Å²) in [5.74, 6) is -0.920. The van der Waals surface area contributed by atoms with Gasteiger partial charge in [0.25, 0.3) is 0 Å². The van der Waals surface area contributed by atoms with Crippen molar-refractivity contribution >= 4 is 17.9 Å². The molecule has 1 unspecified atom stereocenters.